The number of rotatable bonds is 10. The summed E-state index contributed by atoms with van der Waals surface area (Å²) >= 11 is 0. The molecule has 1 fully saturated rings. The summed E-state index contributed by atoms with van der Waals surface area (Å²) in [5.41, 5.74) is 2.13. The van der Waals surface area contributed by atoms with E-state index < -0.39 is 39.3 Å². The summed E-state index contributed by atoms with van der Waals surface area (Å²) in [6, 6.07) is 37.1. The third kappa shape index (κ3) is 5.71. The topological polar surface area (TPSA) is 71.1 Å². The fourth-order valence-electron chi connectivity index (χ4n) is 6.18. The molecule has 0 radical (unpaired) electrons. The highest BCUT2D eigenvalue weighted by Gasteiger charge is 2.58. The van der Waals surface area contributed by atoms with Crippen LogP contribution in [0.3, 0.4) is 0 Å². The van der Waals surface area contributed by atoms with Gasteiger partial charge in [0.05, 0.1) is 11.5 Å². The monoisotopic (exact) mass is 596 g/mol. The van der Waals surface area contributed by atoms with Crippen molar-refractivity contribution >= 4 is 10.1 Å². The second-order valence-electron chi connectivity index (χ2n) is 11.6. The molecule has 1 aliphatic heterocycles. The van der Waals surface area contributed by atoms with E-state index in [1.807, 2.05) is 81.4 Å². The van der Waals surface area contributed by atoms with Gasteiger partial charge in [0.1, 0.15) is 23.4 Å². The van der Waals surface area contributed by atoms with Gasteiger partial charge < -0.3 is 14.2 Å². The first kappa shape index (κ1) is 29.5. The maximum atomic E-state index is 13.2. The van der Waals surface area contributed by atoms with Gasteiger partial charge in [0, 0.05) is 6.42 Å². The third-order valence-corrected chi connectivity index (χ3v) is 9.42. The van der Waals surface area contributed by atoms with Crippen molar-refractivity contribution < 1.29 is 26.8 Å². The predicted octanol–water partition coefficient (Wildman–Crippen LogP) is 6.93. The molecule has 43 heavy (non-hydrogen) atoms. The summed E-state index contributed by atoms with van der Waals surface area (Å²) in [6.45, 7) is 5.85. The molecule has 6 nitrogen and oxygen atoms in total. The largest absolute Gasteiger partial charge is 0.361 e. The normalized spacial score (nSPS) is 22.9. The zero-order chi connectivity index (χ0) is 30.1. The molecule has 0 N–H and O–H groups in total. The van der Waals surface area contributed by atoms with Crippen LogP contribution in [-0.4, -0.2) is 38.6 Å². The Hall–Kier alpha value is -3.59. The van der Waals surface area contributed by atoms with Gasteiger partial charge in [0.2, 0.25) is 0 Å². The minimum atomic E-state index is -4.03. The van der Waals surface area contributed by atoms with Crippen molar-refractivity contribution in [2.24, 2.45) is 0 Å². The Labute approximate surface area is 254 Å². The van der Waals surface area contributed by atoms with E-state index >= 15 is 0 Å². The van der Waals surface area contributed by atoms with Gasteiger partial charge in [-0.15, -0.1) is 0 Å². The maximum Gasteiger partial charge on any atom is 0.297 e. The van der Waals surface area contributed by atoms with Crippen LogP contribution in [0.25, 0.3) is 0 Å². The van der Waals surface area contributed by atoms with Gasteiger partial charge in [-0.3, -0.25) is 4.18 Å². The van der Waals surface area contributed by atoms with E-state index in [0.717, 1.165) is 22.3 Å². The van der Waals surface area contributed by atoms with Crippen LogP contribution in [0.1, 0.15) is 42.5 Å². The Morgan fingerprint density at radius 1 is 0.767 bits per heavy atom. The zero-order valence-electron chi connectivity index (χ0n) is 24.6. The number of hydrogen-bond acceptors (Lipinski definition) is 6. The van der Waals surface area contributed by atoms with Crippen LogP contribution in [0, 0.1) is 6.92 Å². The van der Waals surface area contributed by atoms with Gasteiger partial charge in [-0.1, -0.05) is 121 Å². The molecule has 3 atom stereocenters. The molecule has 1 aliphatic carbocycles. The van der Waals surface area contributed by atoms with E-state index in [0.29, 0.717) is 6.42 Å². The van der Waals surface area contributed by atoms with Crippen LogP contribution in [-0.2, 0) is 34.1 Å². The van der Waals surface area contributed by atoms with Crippen molar-refractivity contribution in [3.05, 3.63) is 150 Å². The first-order valence-corrected chi connectivity index (χ1v) is 15.9. The SMILES string of the molecule is Cc1ccc(S(=O)(=O)O[C@H]2C=C[C@@]3(CCOC(c4ccccc4)(c4ccccc4)c4ccccc4)OC(C)(C)O[C@@H]23)cc1. The lowest BCUT2D eigenvalue weighted by Gasteiger charge is -2.37. The Morgan fingerprint density at radius 3 is 1.79 bits per heavy atom. The molecule has 1 heterocycles. The van der Waals surface area contributed by atoms with Crippen molar-refractivity contribution in [3.8, 4) is 0 Å². The number of hydrogen-bond donors (Lipinski definition) is 0. The van der Waals surface area contributed by atoms with E-state index in [1.165, 1.54) is 0 Å². The first-order chi connectivity index (χ1) is 20.6. The lowest BCUT2D eigenvalue weighted by molar-refractivity contribution is -0.163. The molecule has 4 aromatic carbocycles. The van der Waals surface area contributed by atoms with E-state index in [9.17, 15) is 8.42 Å². The number of fused-ring (bicyclic) bond motifs is 1. The fraction of sp³-hybridized carbons (Fsp3) is 0.278. The average molecular weight is 597 g/mol. The van der Waals surface area contributed by atoms with Crippen molar-refractivity contribution in [2.75, 3.05) is 6.61 Å². The molecule has 7 heteroatoms. The van der Waals surface area contributed by atoms with Gasteiger partial charge in [-0.25, -0.2) is 0 Å². The Morgan fingerprint density at radius 2 is 1.28 bits per heavy atom. The van der Waals surface area contributed by atoms with E-state index in [4.69, 9.17) is 18.4 Å². The summed E-state index contributed by atoms with van der Waals surface area (Å²) in [5.74, 6) is -0.944. The van der Waals surface area contributed by atoms with Crippen molar-refractivity contribution in [1.82, 2.24) is 0 Å². The molecular formula is C36H36O6S. The molecule has 6 rings (SSSR count). The zero-order valence-corrected chi connectivity index (χ0v) is 25.4. The highest BCUT2D eigenvalue weighted by molar-refractivity contribution is 7.86. The minimum absolute atomic E-state index is 0.101. The Kier molecular flexibility index (Phi) is 7.87. The van der Waals surface area contributed by atoms with Crippen LogP contribution < -0.4 is 0 Å². The number of aryl methyl sites for hydroxylation is 1. The van der Waals surface area contributed by atoms with Gasteiger partial charge in [0.25, 0.3) is 10.1 Å². The van der Waals surface area contributed by atoms with Gasteiger partial charge in [-0.2, -0.15) is 8.42 Å². The quantitative estimate of drug-likeness (QED) is 0.112. The minimum Gasteiger partial charge on any atom is -0.361 e. The highest BCUT2D eigenvalue weighted by Crippen LogP contribution is 2.47. The average Bonchev–Trinajstić information content (AvgIpc) is 3.46. The number of ether oxygens (including phenoxy) is 3. The molecule has 222 valence electrons. The Bertz CT molecular complexity index is 1570. The van der Waals surface area contributed by atoms with Crippen molar-refractivity contribution in [3.63, 3.8) is 0 Å². The highest BCUT2D eigenvalue weighted by atomic mass is 32.2. The summed E-state index contributed by atoms with van der Waals surface area (Å²) < 4.78 is 51.9. The van der Waals surface area contributed by atoms with E-state index in [2.05, 4.69) is 36.4 Å². The van der Waals surface area contributed by atoms with Crippen molar-refractivity contribution in [2.45, 2.75) is 61.3 Å². The molecule has 2 aliphatic rings. The summed E-state index contributed by atoms with van der Waals surface area (Å²) in [6.07, 6.45) is 2.49. The molecule has 0 bridgehead atoms. The van der Waals surface area contributed by atoms with Crippen molar-refractivity contribution in [1.29, 1.82) is 0 Å². The molecule has 1 saturated heterocycles. The molecule has 4 aromatic rings. The van der Waals surface area contributed by atoms with Crippen LogP contribution in [0.2, 0.25) is 0 Å². The second-order valence-corrected chi connectivity index (χ2v) is 13.1. The third-order valence-electron chi connectivity index (χ3n) is 8.09. The smallest absolute Gasteiger partial charge is 0.297 e. The summed E-state index contributed by atoms with van der Waals surface area (Å²) in [7, 11) is -4.03. The molecule has 0 amide bonds. The second kappa shape index (κ2) is 11.5. The van der Waals surface area contributed by atoms with Gasteiger partial charge in [0.15, 0.2) is 5.79 Å². The van der Waals surface area contributed by atoms with Crippen LogP contribution >= 0.6 is 0 Å². The number of benzene rings is 4. The van der Waals surface area contributed by atoms with Crippen LogP contribution in [0.4, 0.5) is 0 Å². The molecule has 0 unspecified atom stereocenters. The molecule has 0 saturated carbocycles. The van der Waals surface area contributed by atoms with Gasteiger partial charge >= 0.3 is 0 Å². The summed E-state index contributed by atoms with van der Waals surface area (Å²) in [5, 5.41) is 0. The predicted molar refractivity (Wildman–Crippen MR) is 165 cm³/mol. The summed E-state index contributed by atoms with van der Waals surface area (Å²) in [4.78, 5) is 0.101. The first-order valence-electron chi connectivity index (χ1n) is 14.5. The molecular weight excluding hydrogens is 560 g/mol. The maximum absolute atomic E-state index is 13.2. The van der Waals surface area contributed by atoms with Crippen LogP contribution in [0.5, 0.6) is 0 Å². The molecule has 0 spiro atoms. The lowest BCUT2D eigenvalue weighted by Crippen LogP contribution is -2.43. The fourth-order valence-corrected chi connectivity index (χ4v) is 7.21. The van der Waals surface area contributed by atoms with E-state index in [1.54, 1.807) is 30.3 Å². The molecule has 0 aromatic heterocycles. The van der Waals surface area contributed by atoms with E-state index in [-0.39, 0.29) is 11.5 Å². The lowest BCUT2D eigenvalue weighted by atomic mass is 9.80. The van der Waals surface area contributed by atoms with Crippen LogP contribution in [0.15, 0.2) is 132 Å². The van der Waals surface area contributed by atoms with Gasteiger partial charge in [-0.05, 0) is 49.6 Å². The standard InChI is InChI=1S/C36H36O6S/c1-27-19-21-31(22-20-27)43(37,38)41-32-23-24-35(33(32)40-34(2,3)42-35)25-26-39-36(28-13-7-4-8-14-28,29-15-9-5-10-16-29)30-17-11-6-12-18-30/h4-24,32-33H,25-26H2,1-3H3/t32-,33-,35-/m0/s1. The Balaban J connectivity index is 1.30.